The summed E-state index contributed by atoms with van der Waals surface area (Å²) in [5, 5.41) is 3.92. The minimum atomic E-state index is -4.43. The van der Waals surface area contributed by atoms with Gasteiger partial charge in [0.2, 0.25) is 0 Å². The van der Waals surface area contributed by atoms with Gasteiger partial charge in [0.25, 0.3) is 0 Å². The average molecular weight is 508 g/mol. The lowest BCUT2D eigenvalue weighted by molar-refractivity contribution is -0.137. The zero-order valence-corrected chi connectivity index (χ0v) is 20.5. The quantitative estimate of drug-likeness (QED) is 0.329. The smallest absolute Gasteiger partial charge is 0.378 e. The highest BCUT2D eigenvalue weighted by molar-refractivity contribution is 7.80. The topological polar surface area (TPSA) is 36.3 Å². The SMILES string of the molecule is CN(C)c1ccc(N2C(=S)N[C@H](c3ccccn3)[C@@H]2c2cccn2-c2cccc(C(F)(F)F)c2)cc1. The second-order valence-electron chi connectivity index (χ2n) is 8.76. The van der Waals surface area contributed by atoms with E-state index in [0.717, 1.165) is 34.9 Å². The minimum Gasteiger partial charge on any atom is -0.378 e. The van der Waals surface area contributed by atoms with E-state index in [9.17, 15) is 13.2 Å². The van der Waals surface area contributed by atoms with Gasteiger partial charge in [0.1, 0.15) is 6.04 Å². The van der Waals surface area contributed by atoms with Gasteiger partial charge in [-0.15, -0.1) is 0 Å². The molecule has 1 fully saturated rings. The van der Waals surface area contributed by atoms with Crippen molar-refractivity contribution in [3.8, 4) is 5.69 Å². The van der Waals surface area contributed by atoms with Crippen molar-refractivity contribution in [2.75, 3.05) is 23.9 Å². The highest BCUT2D eigenvalue weighted by Gasteiger charge is 2.42. The van der Waals surface area contributed by atoms with Crippen LogP contribution in [0.3, 0.4) is 0 Å². The molecule has 184 valence electrons. The van der Waals surface area contributed by atoms with Crippen LogP contribution in [-0.4, -0.2) is 28.8 Å². The van der Waals surface area contributed by atoms with Gasteiger partial charge in [-0.1, -0.05) is 12.1 Å². The first kappa shape index (κ1) is 23.9. The molecule has 1 aliphatic rings. The van der Waals surface area contributed by atoms with Gasteiger partial charge in [-0.3, -0.25) is 4.98 Å². The van der Waals surface area contributed by atoms with Crippen molar-refractivity contribution in [3.63, 3.8) is 0 Å². The van der Waals surface area contributed by atoms with Crippen LogP contribution in [0, 0.1) is 0 Å². The van der Waals surface area contributed by atoms with E-state index in [1.165, 1.54) is 6.07 Å². The van der Waals surface area contributed by atoms with Crippen molar-refractivity contribution < 1.29 is 13.2 Å². The lowest BCUT2D eigenvalue weighted by Gasteiger charge is -2.29. The molecule has 0 aliphatic carbocycles. The molecule has 5 nitrogen and oxygen atoms in total. The number of anilines is 2. The molecule has 0 unspecified atom stereocenters. The molecule has 1 aliphatic heterocycles. The van der Waals surface area contributed by atoms with E-state index in [1.54, 1.807) is 23.0 Å². The lowest BCUT2D eigenvalue weighted by Crippen LogP contribution is -2.30. The summed E-state index contributed by atoms with van der Waals surface area (Å²) in [6, 6.07) is 22.1. The summed E-state index contributed by atoms with van der Waals surface area (Å²) in [4.78, 5) is 8.57. The molecule has 4 aromatic rings. The van der Waals surface area contributed by atoms with Crippen molar-refractivity contribution in [2.24, 2.45) is 0 Å². The van der Waals surface area contributed by atoms with Crippen LogP contribution in [0.25, 0.3) is 5.69 Å². The normalized spacial score (nSPS) is 17.8. The number of nitrogens with one attached hydrogen (secondary N) is 1. The van der Waals surface area contributed by atoms with Gasteiger partial charge in [0.15, 0.2) is 5.11 Å². The monoisotopic (exact) mass is 507 g/mol. The van der Waals surface area contributed by atoms with E-state index in [1.807, 2.05) is 78.5 Å². The van der Waals surface area contributed by atoms with Gasteiger partial charge in [0.05, 0.1) is 17.3 Å². The van der Waals surface area contributed by atoms with E-state index >= 15 is 0 Å². The summed E-state index contributed by atoms with van der Waals surface area (Å²) < 4.78 is 42.2. The minimum absolute atomic E-state index is 0.313. The number of pyridine rings is 1. The van der Waals surface area contributed by atoms with Gasteiger partial charge in [-0.25, -0.2) is 0 Å². The molecule has 2 aromatic heterocycles. The van der Waals surface area contributed by atoms with Crippen LogP contribution in [-0.2, 0) is 6.18 Å². The second kappa shape index (κ2) is 9.31. The van der Waals surface area contributed by atoms with Crippen LogP contribution in [0.5, 0.6) is 0 Å². The Morgan fingerprint density at radius 3 is 2.36 bits per heavy atom. The predicted molar refractivity (Wildman–Crippen MR) is 139 cm³/mol. The third-order valence-electron chi connectivity index (χ3n) is 6.28. The molecule has 0 bridgehead atoms. The number of hydrogen-bond acceptors (Lipinski definition) is 3. The largest absolute Gasteiger partial charge is 0.416 e. The number of benzene rings is 2. The van der Waals surface area contributed by atoms with Crippen LogP contribution in [0.4, 0.5) is 24.5 Å². The Balaban J connectivity index is 1.64. The summed E-state index contributed by atoms with van der Waals surface area (Å²) in [5.41, 5.74) is 3.21. The highest BCUT2D eigenvalue weighted by atomic mass is 32.1. The number of hydrogen-bond donors (Lipinski definition) is 1. The number of thiocarbonyl (C=S) groups is 1. The van der Waals surface area contributed by atoms with Crippen LogP contribution in [0.2, 0.25) is 0 Å². The molecule has 2 atom stereocenters. The number of aromatic nitrogens is 2. The number of alkyl halides is 3. The molecule has 5 rings (SSSR count). The average Bonchev–Trinajstić information content (AvgIpc) is 3.48. The molecule has 0 radical (unpaired) electrons. The molecule has 2 aromatic carbocycles. The zero-order valence-electron chi connectivity index (χ0n) is 19.6. The van der Waals surface area contributed by atoms with Gasteiger partial charge >= 0.3 is 6.18 Å². The lowest BCUT2D eigenvalue weighted by atomic mass is 10.0. The molecular formula is C27H24F3N5S. The Kier molecular flexibility index (Phi) is 6.17. The van der Waals surface area contributed by atoms with Crippen molar-refractivity contribution in [1.82, 2.24) is 14.9 Å². The maximum absolute atomic E-state index is 13.5. The first-order valence-corrected chi connectivity index (χ1v) is 11.8. The molecule has 1 N–H and O–H groups in total. The zero-order chi connectivity index (χ0) is 25.4. The molecule has 3 heterocycles. The van der Waals surface area contributed by atoms with Crippen LogP contribution in [0.15, 0.2) is 91.3 Å². The predicted octanol–water partition coefficient (Wildman–Crippen LogP) is 6.13. The summed E-state index contributed by atoms with van der Waals surface area (Å²) >= 11 is 5.78. The molecule has 0 spiro atoms. The van der Waals surface area contributed by atoms with Gasteiger partial charge in [0, 0.05) is 49.2 Å². The maximum atomic E-state index is 13.5. The van der Waals surface area contributed by atoms with Crippen LogP contribution in [0.1, 0.15) is 29.0 Å². The summed E-state index contributed by atoms with van der Waals surface area (Å²) in [6.45, 7) is 0. The third-order valence-corrected chi connectivity index (χ3v) is 6.59. The standard InChI is InChI=1S/C27H24F3N5S/c1-33(2)19-11-13-20(14-12-19)35-25(24(32-26(35)36)22-9-3-4-15-31-22)23-10-6-16-34(23)21-8-5-7-18(17-21)27(28,29)30/h3-17,24-25H,1-2H3,(H,32,36)/t24-,25+/m1/s1. The number of halogens is 3. The fourth-order valence-electron chi connectivity index (χ4n) is 4.55. The maximum Gasteiger partial charge on any atom is 0.416 e. The molecule has 0 saturated carbocycles. The first-order chi connectivity index (χ1) is 17.2. The Labute approximate surface area is 212 Å². The van der Waals surface area contributed by atoms with E-state index < -0.39 is 11.7 Å². The Morgan fingerprint density at radius 1 is 0.917 bits per heavy atom. The summed E-state index contributed by atoms with van der Waals surface area (Å²) in [7, 11) is 3.94. The summed E-state index contributed by atoms with van der Waals surface area (Å²) in [5.74, 6) is 0. The van der Waals surface area contributed by atoms with Crippen LogP contribution < -0.4 is 15.1 Å². The van der Waals surface area contributed by atoms with Crippen molar-refractivity contribution >= 4 is 28.7 Å². The molecular weight excluding hydrogens is 483 g/mol. The first-order valence-electron chi connectivity index (χ1n) is 11.4. The van der Waals surface area contributed by atoms with E-state index in [0.29, 0.717) is 10.8 Å². The van der Waals surface area contributed by atoms with Crippen molar-refractivity contribution in [3.05, 3.63) is 108 Å². The van der Waals surface area contributed by atoms with E-state index in [-0.39, 0.29) is 12.1 Å². The number of nitrogens with zero attached hydrogens (tertiary/aromatic N) is 4. The van der Waals surface area contributed by atoms with Crippen molar-refractivity contribution in [2.45, 2.75) is 18.3 Å². The Morgan fingerprint density at radius 2 is 1.69 bits per heavy atom. The fourth-order valence-corrected chi connectivity index (χ4v) is 4.89. The molecule has 9 heteroatoms. The fraction of sp³-hybridized carbons (Fsp3) is 0.185. The van der Waals surface area contributed by atoms with Gasteiger partial charge in [-0.05, 0) is 78.9 Å². The van der Waals surface area contributed by atoms with Gasteiger partial charge in [-0.2, -0.15) is 13.2 Å². The molecule has 36 heavy (non-hydrogen) atoms. The number of rotatable bonds is 5. The van der Waals surface area contributed by atoms with E-state index in [2.05, 4.69) is 10.3 Å². The summed E-state index contributed by atoms with van der Waals surface area (Å²) in [6.07, 6.45) is -0.941. The Hall–Kier alpha value is -3.85. The third kappa shape index (κ3) is 4.42. The van der Waals surface area contributed by atoms with E-state index in [4.69, 9.17) is 12.2 Å². The molecule has 0 amide bonds. The van der Waals surface area contributed by atoms with Crippen LogP contribution >= 0.6 is 12.2 Å². The molecule has 1 saturated heterocycles. The Bertz CT molecular complexity index is 1370. The van der Waals surface area contributed by atoms with Gasteiger partial charge < -0.3 is 19.7 Å². The van der Waals surface area contributed by atoms with Crippen molar-refractivity contribution in [1.29, 1.82) is 0 Å². The second-order valence-corrected chi connectivity index (χ2v) is 9.15. The highest BCUT2D eigenvalue weighted by Crippen LogP contribution is 2.42.